The lowest BCUT2D eigenvalue weighted by Crippen LogP contribution is -2.34. The molecule has 1 rings (SSSR count). The van der Waals surface area contributed by atoms with Crippen LogP contribution in [0.2, 0.25) is 0 Å². The van der Waals surface area contributed by atoms with E-state index in [0.29, 0.717) is 6.42 Å². The second-order valence-electron chi connectivity index (χ2n) is 4.96. The van der Waals surface area contributed by atoms with Gasteiger partial charge >= 0.3 is 12.3 Å². The Labute approximate surface area is 104 Å². The maximum Gasteiger partial charge on any atom is 0.418 e. The molecule has 0 saturated heterocycles. The molecule has 18 heavy (non-hydrogen) atoms. The van der Waals surface area contributed by atoms with Crippen LogP contribution in [-0.2, 0) is 4.74 Å². The molecular weight excluding hydrogens is 247 g/mol. The van der Waals surface area contributed by atoms with Gasteiger partial charge in [-0.25, -0.2) is 4.79 Å². The summed E-state index contributed by atoms with van der Waals surface area (Å²) in [6, 6.07) is 0. The van der Waals surface area contributed by atoms with E-state index in [0.717, 1.165) is 6.08 Å². The summed E-state index contributed by atoms with van der Waals surface area (Å²) in [5.41, 5.74) is -1.70. The third-order valence-corrected chi connectivity index (χ3v) is 2.13. The van der Waals surface area contributed by atoms with Gasteiger partial charge in [-0.3, -0.25) is 5.32 Å². The first-order valence-corrected chi connectivity index (χ1v) is 5.56. The van der Waals surface area contributed by atoms with Crippen molar-refractivity contribution in [3.8, 4) is 0 Å². The van der Waals surface area contributed by atoms with E-state index in [1.807, 2.05) is 0 Å². The number of hydrogen-bond acceptors (Lipinski definition) is 2. The minimum absolute atomic E-state index is 0.140. The molecule has 1 aliphatic rings. The van der Waals surface area contributed by atoms with Crippen LogP contribution in [0.4, 0.5) is 18.0 Å². The Hall–Kier alpha value is -1.46. The monoisotopic (exact) mass is 263 g/mol. The standard InChI is InChI=1S/C12H16F3NO2/c1-11(2,3)18-10(17)16-9-7-5-4-6-8(9)12(13,14)15/h4,6H,5,7H2,1-3H3,(H,16,17). The van der Waals surface area contributed by atoms with Crippen molar-refractivity contribution >= 4 is 6.09 Å². The second kappa shape index (κ2) is 5.04. The molecule has 0 heterocycles. The van der Waals surface area contributed by atoms with E-state index in [1.54, 1.807) is 20.8 Å². The number of hydrogen-bond donors (Lipinski definition) is 1. The summed E-state index contributed by atoms with van der Waals surface area (Å²) in [6.45, 7) is 4.94. The van der Waals surface area contributed by atoms with Gasteiger partial charge in [0.2, 0.25) is 0 Å². The van der Waals surface area contributed by atoms with Gasteiger partial charge in [0, 0.05) is 5.70 Å². The summed E-state index contributed by atoms with van der Waals surface area (Å²) >= 11 is 0. The highest BCUT2D eigenvalue weighted by atomic mass is 19.4. The number of allylic oxidation sites excluding steroid dienone is 4. The van der Waals surface area contributed by atoms with Crippen molar-refractivity contribution in [2.75, 3.05) is 0 Å². The number of nitrogens with one attached hydrogen (secondary N) is 1. The summed E-state index contributed by atoms with van der Waals surface area (Å²) in [4.78, 5) is 11.4. The van der Waals surface area contributed by atoms with Gasteiger partial charge in [-0.1, -0.05) is 12.2 Å². The number of ether oxygens (including phenoxy) is 1. The number of amides is 1. The largest absolute Gasteiger partial charge is 0.444 e. The van der Waals surface area contributed by atoms with Crippen molar-refractivity contribution in [1.29, 1.82) is 0 Å². The molecule has 0 atom stereocenters. The molecule has 0 aromatic heterocycles. The molecular formula is C12H16F3NO2. The fraction of sp³-hybridized carbons (Fsp3) is 0.583. The molecule has 6 heteroatoms. The first kappa shape index (κ1) is 14.6. The van der Waals surface area contributed by atoms with Gasteiger partial charge in [-0.05, 0) is 33.6 Å². The van der Waals surface area contributed by atoms with Gasteiger partial charge < -0.3 is 4.74 Å². The van der Waals surface area contributed by atoms with Crippen LogP contribution >= 0.6 is 0 Å². The average Bonchev–Trinajstić information content (AvgIpc) is 2.13. The van der Waals surface area contributed by atoms with Crippen LogP contribution in [-0.4, -0.2) is 17.9 Å². The normalized spacial score (nSPS) is 16.8. The van der Waals surface area contributed by atoms with Crippen molar-refractivity contribution < 1.29 is 22.7 Å². The lowest BCUT2D eigenvalue weighted by molar-refractivity contribution is -0.0896. The quantitative estimate of drug-likeness (QED) is 0.783. The van der Waals surface area contributed by atoms with E-state index in [9.17, 15) is 18.0 Å². The van der Waals surface area contributed by atoms with Crippen LogP contribution < -0.4 is 5.32 Å². The molecule has 0 bridgehead atoms. The number of alkyl halides is 3. The van der Waals surface area contributed by atoms with Crippen molar-refractivity contribution in [1.82, 2.24) is 5.32 Å². The van der Waals surface area contributed by atoms with Crippen LogP contribution in [0.1, 0.15) is 33.6 Å². The Kier molecular flexibility index (Phi) is 4.09. The number of carbonyl (C=O) groups is 1. The molecule has 1 amide bonds. The average molecular weight is 263 g/mol. The molecule has 0 spiro atoms. The zero-order chi connectivity index (χ0) is 14.0. The van der Waals surface area contributed by atoms with E-state index >= 15 is 0 Å². The molecule has 0 unspecified atom stereocenters. The second-order valence-corrected chi connectivity index (χ2v) is 4.96. The maximum atomic E-state index is 12.7. The van der Waals surface area contributed by atoms with Crippen molar-refractivity contribution in [2.45, 2.75) is 45.4 Å². The minimum atomic E-state index is -4.47. The van der Waals surface area contributed by atoms with E-state index in [2.05, 4.69) is 5.32 Å². The molecule has 1 aliphatic carbocycles. The number of rotatable bonds is 1. The first-order valence-electron chi connectivity index (χ1n) is 5.56. The molecule has 0 aromatic rings. The number of carbonyl (C=O) groups excluding carboxylic acids is 1. The Morgan fingerprint density at radius 1 is 1.33 bits per heavy atom. The minimum Gasteiger partial charge on any atom is -0.444 e. The smallest absolute Gasteiger partial charge is 0.418 e. The van der Waals surface area contributed by atoms with Crippen LogP contribution in [0, 0.1) is 0 Å². The van der Waals surface area contributed by atoms with Crippen molar-refractivity contribution in [2.24, 2.45) is 0 Å². The molecule has 0 fully saturated rings. The lowest BCUT2D eigenvalue weighted by atomic mass is 10.0. The summed E-state index contributed by atoms with van der Waals surface area (Å²) in [5, 5.41) is 2.18. The van der Waals surface area contributed by atoms with Gasteiger partial charge in [-0.2, -0.15) is 13.2 Å². The molecule has 0 saturated carbocycles. The van der Waals surface area contributed by atoms with E-state index < -0.39 is 23.4 Å². The number of alkyl carbamates (subject to hydrolysis) is 1. The van der Waals surface area contributed by atoms with E-state index in [4.69, 9.17) is 4.74 Å². The van der Waals surface area contributed by atoms with Gasteiger partial charge in [0.05, 0.1) is 5.57 Å². The zero-order valence-corrected chi connectivity index (χ0v) is 10.5. The van der Waals surface area contributed by atoms with Crippen LogP contribution in [0.3, 0.4) is 0 Å². The fourth-order valence-corrected chi connectivity index (χ4v) is 1.49. The Morgan fingerprint density at radius 3 is 2.44 bits per heavy atom. The fourth-order valence-electron chi connectivity index (χ4n) is 1.49. The highest BCUT2D eigenvalue weighted by Crippen LogP contribution is 2.32. The van der Waals surface area contributed by atoms with Crippen LogP contribution in [0.15, 0.2) is 23.4 Å². The van der Waals surface area contributed by atoms with E-state index in [1.165, 1.54) is 6.08 Å². The van der Waals surface area contributed by atoms with Crippen LogP contribution in [0.5, 0.6) is 0 Å². The Bertz CT molecular complexity index is 389. The highest BCUT2D eigenvalue weighted by molar-refractivity contribution is 5.70. The molecule has 0 aliphatic heterocycles. The van der Waals surface area contributed by atoms with Gasteiger partial charge in [0.25, 0.3) is 0 Å². The molecule has 102 valence electrons. The van der Waals surface area contributed by atoms with Gasteiger partial charge in [-0.15, -0.1) is 0 Å². The van der Waals surface area contributed by atoms with Gasteiger partial charge in [0.15, 0.2) is 0 Å². The molecule has 1 N–H and O–H groups in total. The SMILES string of the molecule is CC(C)(C)OC(=O)NC1=C(C(F)(F)F)C=CCC1. The predicted molar refractivity (Wildman–Crippen MR) is 60.8 cm³/mol. The van der Waals surface area contributed by atoms with Crippen LogP contribution in [0.25, 0.3) is 0 Å². The van der Waals surface area contributed by atoms with Gasteiger partial charge in [0.1, 0.15) is 5.60 Å². The van der Waals surface area contributed by atoms with E-state index in [-0.39, 0.29) is 12.1 Å². The Balaban J connectivity index is 2.83. The summed E-state index contributed by atoms with van der Waals surface area (Å²) in [7, 11) is 0. The zero-order valence-electron chi connectivity index (χ0n) is 10.5. The highest BCUT2D eigenvalue weighted by Gasteiger charge is 2.36. The summed E-state index contributed by atoms with van der Waals surface area (Å²) in [5.74, 6) is 0. The third kappa shape index (κ3) is 4.43. The molecule has 0 aromatic carbocycles. The summed E-state index contributed by atoms with van der Waals surface area (Å²) < 4.78 is 43.0. The van der Waals surface area contributed by atoms with Crippen molar-refractivity contribution in [3.63, 3.8) is 0 Å². The summed E-state index contributed by atoms with van der Waals surface area (Å²) in [6.07, 6.45) is -2.31. The number of halogens is 3. The lowest BCUT2D eigenvalue weighted by Gasteiger charge is -2.23. The Morgan fingerprint density at radius 2 is 1.94 bits per heavy atom. The third-order valence-electron chi connectivity index (χ3n) is 2.13. The molecule has 3 nitrogen and oxygen atoms in total. The first-order chi connectivity index (χ1) is 8.09. The topological polar surface area (TPSA) is 38.3 Å². The molecule has 0 radical (unpaired) electrons. The predicted octanol–water partition coefficient (Wildman–Crippen LogP) is 3.68. The maximum absolute atomic E-state index is 12.7. The van der Waals surface area contributed by atoms with Crippen molar-refractivity contribution in [3.05, 3.63) is 23.4 Å².